The lowest BCUT2D eigenvalue weighted by atomic mass is 10.1. The maximum absolute atomic E-state index is 12.2. The van der Waals surface area contributed by atoms with Crippen molar-refractivity contribution in [3.63, 3.8) is 0 Å². The lowest BCUT2D eigenvalue weighted by molar-refractivity contribution is -0.122. The van der Waals surface area contributed by atoms with E-state index in [1.807, 2.05) is 32.0 Å². The Morgan fingerprint density at radius 1 is 1.19 bits per heavy atom. The number of benzene rings is 2. The minimum atomic E-state index is -0.605. The molecule has 2 aromatic rings. The lowest BCUT2D eigenvalue weighted by Gasteiger charge is -2.16. The van der Waals surface area contributed by atoms with Crippen LogP contribution in [0, 0.1) is 13.8 Å². The number of carbonyl (C=O) groups is 1. The van der Waals surface area contributed by atoms with E-state index in [0.29, 0.717) is 11.4 Å². The zero-order valence-corrected chi connectivity index (χ0v) is 12.5. The molecule has 0 spiro atoms. The summed E-state index contributed by atoms with van der Waals surface area (Å²) in [5.74, 6) is 0.393. The van der Waals surface area contributed by atoms with Gasteiger partial charge in [-0.2, -0.15) is 0 Å². The van der Waals surface area contributed by atoms with Crippen molar-refractivity contribution in [2.45, 2.75) is 26.9 Å². The average molecular weight is 284 g/mol. The highest BCUT2D eigenvalue weighted by atomic mass is 16.5. The zero-order valence-electron chi connectivity index (χ0n) is 12.5. The zero-order chi connectivity index (χ0) is 15.4. The van der Waals surface area contributed by atoms with E-state index in [0.717, 1.165) is 16.8 Å². The van der Waals surface area contributed by atoms with Crippen molar-refractivity contribution in [3.8, 4) is 5.75 Å². The SMILES string of the molecule is Cc1ccc(C)c(NC(=O)C(C)Oc2cccc(N)c2)c1. The molecule has 1 amide bonds. The molecule has 0 aromatic heterocycles. The number of nitrogen functional groups attached to an aromatic ring is 1. The molecule has 0 radical (unpaired) electrons. The Balaban J connectivity index is 2.04. The quantitative estimate of drug-likeness (QED) is 0.847. The highest BCUT2D eigenvalue weighted by molar-refractivity contribution is 5.94. The van der Waals surface area contributed by atoms with Gasteiger partial charge < -0.3 is 15.8 Å². The van der Waals surface area contributed by atoms with Crippen LogP contribution in [0.1, 0.15) is 18.1 Å². The predicted molar refractivity (Wildman–Crippen MR) is 85.5 cm³/mol. The van der Waals surface area contributed by atoms with E-state index in [1.165, 1.54) is 0 Å². The van der Waals surface area contributed by atoms with E-state index >= 15 is 0 Å². The van der Waals surface area contributed by atoms with E-state index in [1.54, 1.807) is 31.2 Å². The summed E-state index contributed by atoms with van der Waals surface area (Å²) in [6.07, 6.45) is -0.605. The summed E-state index contributed by atoms with van der Waals surface area (Å²) in [4.78, 5) is 12.2. The monoisotopic (exact) mass is 284 g/mol. The second-order valence-corrected chi connectivity index (χ2v) is 5.14. The summed E-state index contributed by atoms with van der Waals surface area (Å²) < 4.78 is 5.61. The number of anilines is 2. The Morgan fingerprint density at radius 3 is 2.67 bits per heavy atom. The number of aryl methyl sites for hydroxylation is 2. The molecule has 1 atom stereocenters. The fourth-order valence-corrected chi connectivity index (χ4v) is 1.95. The topological polar surface area (TPSA) is 64.3 Å². The van der Waals surface area contributed by atoms with Crippen molar-refractivity contribution in [2.24, 2.45) is 0 Å². The first-order valence-electron chi connectivity index (χ1n) is 6.86. The highest BCUT2D eigenvalue weighted by Crippen LogP contribution is 2.19. The summed E-state index contributed by atoms with van der Waals surface area (Å²) in [5, 5.41) is 2.89. The summed E-state index contributed by atoms with van der Waals surface area (Å²) in [6, 6.07) is 13.0. The van der Waals surface area contributed by atoms with Crippen molar-refractivity contribution < 1.29 is 9.53 Å². The van der Waals surface area contributed by atoms with E-state index in [4.69, 9.17) is 10.5 Å². The molecule has 2 rings (SSSR count). The third-order valence-corrected chi connectivity index (χ3v) is 3.19. The van der Waals surface area contributed by atoms with Crippen molar-refractivity contribution >= 4 is 17.3 Å². The molecule has 0 saturated carbocycles. The lowest BCUT2D eigenvalue weighted by Crippen LogP contribution is -2.30. The van der Waals surface area contributed by atoms with Crippen LogP contribution in [0.15, 0.2) is 42.5 Å². The van der Waals surface area contributed by atoms with Gasteiger partial charge in [-0.05, 0) is 50.1 Å². The van der Waals surface area contributed by atoms with Gasteiger partial charge in [-0.15, -0.1) is 0 Å². The molecule has 0 fully saturated rings. The third-order valence-electron chi connectivity index (χ3n) is 3.19. The van der Waals surface area contributed by atoms with Crippen LogP contribution in [-0.2, 0) is 4.79 Å². The van der Waals surface area contributed by atoms with Gasteiger partial charge in [0.05, 0.1) is 0 Å². The molecular weight excluding hydrogens is 264 g/mol. The maximum atomic E-state index is 12.2. The fourth-order valence-electron chi connectivity index (χ4n) is 1.95. The van der Waals surface area contributed by atoms with Gasteiger partial charge >= 0.3 is 0 Å². The van der Waals surface area contributed by atoms with Gasteiger partial charge in [0.2, 0.25) is 0 Å². The number of ether oxygens (including phenoxy) is 1. The molecule has 2 aromatic carbocycles. The molecule has 0 saturated heterocycles. The number of rotatable bonds is 4. The smallest absolute Gasteiger partial charge is 0.265 e. The Kier molecular flexibility index (Phi) is 4.48. The molecule has 0 heterocycles. The van der Waals surface area contributed by atoms with Crippen LogP contribution in [0.2, 0.25) is 0 Å². The summed E-state index contributed by atoms with van der Waals surface area (Å²) in [5.41, 5.74) is 9.22. The Morgan fingerprint density at radius 2 is 1.95 bits per heavy atom. The van der Waals surface area contributed by atoms with E-state index in [9.17, 15) is 4.79 Å². The number of hydrogen-bond acceptors (Lipinski definition) is 3. The summed E-state index contributed by atoms with van der Waals surface area (Å²) in [7, 11) is 0. The van der Waals surface area contributed by atoms with Gasteiger partial charge in [0.1, 0.15) is 5.75 Å². The Bertz CT molecular complexity index is 653. The van der Waals surface area contributed by atoms with Crippen molar-refractivity contribution in [3.05, 3.63) is 53.6 Å². The van der Waals surface area contributed by atoms with Gasteiger partial charge in [-0.1, -0.05) is 18.2 Å². The second-order valence-electron chi connectivity index (χ2n) is 5.14. The molecule has 0 aliphatic heterocycles. The molecule has 1 unspecified atom stereocenters. The average Bonchev–Trinajstić information content (AvgIpc) is 2.43. The minimum absolute atomic E-state index is 0.189. The molecule has 0 aliphatic rings. The van der Waals surface area contributed by atoms with Gasteiger partial charge in [0.25, 0.3) is 5.91 Å². The third kappa shape index (κ3) is 3.99. The number of carbonyl (C=O) groups excluding carboxylic acids is 1. The van der Waals surface area contributed by atoms with Crippen molar-refractivity contribution in [1.29, 1.82) is 0 Å². The molecule has 4 nitrogen and oxygen atoms in total. The van der Waals surface area contributed by atoms with Crippen LogP contribution in [0.3, 0.4) is 0 Å². The van der Waals surface area contributed by atoms with Gasteiger partial charge in [-0.25, -0.2) is 0 Å². The molecule has 3 N–H and O–H groups in total. The van der Waals surface area contributed by atoms with Crippen LogP contribution in [0.4, 0.5) is 11.4 Å². The maximum Gasteiger partial charge on any atom is 0.265 e. The first kappa shape index (κ1) is 14.9. The first-order valence-corrected chi connectivity index (χ1v) is 6.86. The Hall–Kier alpha value is -2.49. The number of hydrogen-bond donors (Lipinski definition) is 2. The van der Waals surface area contributed by atoms with Gasteiger partial charge in [0, 0.05) is 17.4 Å². The molecule has 110 valence electrons. The molecule has 0 aliphatic carbocycles. The number of nitrogens with one attached hydrogen (secondary N) is 1. The van der Waals surface area contributed by atoms with E-state index in [2.05, 4.69) is 5.32 Å². The van der Waals surface area contributed by atoms with Crippen LogP contribution in [0.5, 0.6) is 5.75 Å². The normalized spacial score (nSPS) is 11.8. The summed E-state index contributed by atoms with van der Waals surface area (Å²) in [6.45, 7) is 5.66. The Labute approximate surface area is 124 Å². The molecular formula is C17H20N2O2. The highest BCUT2D eigenvalue weighted by Gasteiger charge is 2.15. The van der Waals surface area contributed by atoms with Crippen LogP contribution >= 0.6 is 0 Å². The predicted octanol–water partition coefficient (Wildman–Crippen LogP) is 3.29. The van der Waals surface area contributed by atoms with Crippen LogP contribution in [0.25, 0.3) is 0 Å². The van der Waals surface area contributed by atoms with Crippen LogP contribution in [-0.4, -0.2) is 12.0 Å². The standard InChI is InChI=1S/C17H20N2O2/c1-11-7-8-12(2)16(9-11)19-17(20)13(3)21-15-6-4-5-14(18)10-15/h4-10,13H,18H2,1-3H3,(H,19,20). The summed E-state index contributed by atoms with van der Waals surface area (Å²) >= 11 is 0. The molecule has 0 bridgehead atoms. The van der Waals surface area contributed by atoms with Crippen molar-refractivity contribution in [2.75, 3.05) is 11.1 Å². The van der Waals surface area contributed by atoms with E-state index in [-0.39, 0.29) is 5.91 Å². The molecule has 21 heavy (non-hydrogen) atoms. The minimum Gasteiger partial charge on any atom is -0.481 e. The van der Waals surface area contributed by atoms with Crippen molar-refractivity contribution in [1.82, 2.24) is 0 Å². The fraction of sp³-hybridized carbons (Fsp3) is 0.235. The first-order chi connectivity index (χ1) is 9.95. The van der Waals surface area contributed by atoms with Crippen LogP contribution < -0.4 is 15.8 Å². The largest absolute Gasteiger partial charge is 0.481 e. The van der Waals surface area contributed by atoms with Gasteiger partial charge in [-0.3, -0.25) is 4.79 Å². The number of nitrogens with two attached hydrogens (primary N) is 1. The second kappa shape index (κ2) is 6.31. The van der Waals surface area contributed by atoms with Gasteiger partial charge in [0.15, 0.2) is 6.10 Å². The number of amides is 1. The van der Waals surface area contributed by atoms with E-state index < -0.39 is 6.10 Å². The molecule has 4 heteroatoms.